The van der Waals surface area contributed by atoms with Gasteiger partial charge in [-0.1, -0.05) is 97.1 Å². The first-order chi connectivity index (χ1) is 17.8. The van der Waals surface area contributed by atoms with Crippen molar-refractivity contribution in [2.24, 2.45) is 0 Å². The standard InChI is InChI=1S/C34H23NO/c1-2-8-23(9-3-1)28-13-6-10-25-11-7-14-29(34(25)28)24-16-18-26(19-17-24)35-27-20-21-31-30-12-4-5-15-32(30)36-33(31)22-27/h1-22,35H. The maximum Gasteiger partial charge on any atom is 0.137 e. The summed E-state index contributed by atoms with van der Waals surface area (Å²) in [6.07, 6.45) is 0. The van der Waals surface area contributed by atoms with Gasteiger partial charge in [-0.05, 0) is 63.4 Å². The van der Waals surface area contributed by atoms with Gasteiger partial charge >= 0.3 is 0 Å². The number of hydrogen-bond acceptors (Lipinski definition) is 2. The number of rotatable bonds is 4. The van der Waals surface area contributed by atoms with E-state index in [1.165, 1.54) is 33.0 Å². The molecule has 0 unspecified atom stereocenters. The minimum Gasteiger partial charge on any atom is -0.456 e. The van der Waals surface area contributed by atoms with Crippen molar-refractivity contribution in [3.8, 4) is 22.3 Å². The predicted octanol–water partition coefficient (Wildman–Crippen LogP) is 9.82. The van der Waals surface area contributed by atoms with Crippen molar-refractivity contribution in [3.05, 3.63) is 133 Å². The van der Waals surface area contributed by atoms with Gasteiger partial charge in [0.25, 0.3) is 0 Å². The summed E-state index contributed by atoms with van der Waals surface area (Å²) in [5.41, 5.74) is 8.77. The molecule has 0 bridgehead atoms. The van der Waals surface area contributed by atoms with Crippen LogP contribution in [0.4, 0.5) is 11.4 Å². The van der Waals surface area contributed by atoms with Gasteiger partial charge in [0.15, 0.2) is 0 Å². The first-order valence-electron chi connectivity index (χ1n) is 12.2. The van der Waals surface area contributed by atoms with Crippen molar-refractivity contribution in [1.82, 2.24) is 0 Å². The highest BCUT2D eigenvalue weighted by Gasteiger charge is 2.11. The van der Waals surface area contributed by atoms with E-state index in [2.05, 4.69) is 121 Å². The lowest BCUT2D eigenvalue weighted by Crippen LogP contribution is -1.90. The van der Waals surface area contributed by atoms with Crippen molar-refractivity contribution < 1.29 is 4.42 Å². The van der Waals surface area contributed by atoms with E-state index in [9.17, 15) is 0 Å². The van der Waals surface area contributed by atoms with E-state index in [0.717, 1.165) is 33.3 Å². The fraction of sp³-hybridized carbons (Fsp3) is 0. The first kappa shape index (κ1) is 20.5. The Morgan fingerprint density at radius 2 is 1.08 bits per heavy atom. The van der Waals surface area contributed by atoms with Crippen molar-refractivity contribution in [1.29, 1.82) is 0 Å². The molecule has 0 spiro atoms. The normalized spacial score (nSPS) is 11.3. The lowest BCUT2D eigenvalue weighted by molar-refractivity contribution is 0.669. The third-order valence-electron chi connectivity index (χ3n) is 6.85. The predicted molar refractivity (Wildman–Crippen MR) is 152 cm³/mol. The number of furan rings is 1. The molecule has 0 fully saturated rings. The molecule has 1 heterocycles. The topological polar surface area (TPSA) is 25.2 Å². The van der Waals surface area contributed by atoms with Crippen LogP contribution >= 0.6 is 0 Å². The molecule has 0 saturated carbocycles. The molecule has 7 rings (SSSR count). The Bertz CT molecular complexity index is 1840. The summed E-state index contributed by atoms with van der Waals surface area (Å²) in [6.45, 7) is 0. The molecule has 1 N–H and O–H groups in total. The lowest BCUT2D eigenvalue weighted by Gasteiger charge is -2.13. The molecule has 1 aromatic heterocycles. The largest absolute Gasteiger partial charge is 0.456 e. The third-order valence-corrected chi connectivity index (χ3v) is 6.85. The maximum atomic E-state index is 6.06. The minimum atomic E-state index is 0.891. The second-order valence-electron chi connectivity index (χ2n) is 9.09. The first-order valence-corrected chi connectivity index (χ1v) is 12.2. The zero-order valence-electron chi connectivity index (χ0n) is 19.6. The Morgan fingerprint density at radius 1 is 0.444 bits per heavy atom. The lowest BCUT2D eigenvalue weighted by atomic mass is 9.91. The van der Waals surface area contributed by atoms with Crippen LogP contribution in [0.5, 0.6) is 0 Å². The summed E-state index contributed by atoms with van der Waals surface area (Å²) >= 11 is 0. The van der Waals surface area contributed by atoms with E-state index in [1.54, 1.807) is 0 Å². The highest BCUT2D eigenvalue weighted by atomic mass is 16.3. The second kappa shape index (κ2) is 8.44. The van der Waals surface area contributed by atoms with Gasteiger partial charge in [-0.2, -0.15) is 0 Å². The van der Waals surface area contributed by atoms with E-state index < -0.39 is 0 Å². The van der Waals surface area contributed by atoms with Crippen LogP contribution in [-0.2, 0) is 0 Å². The molecule has 7 aromatic rings. The van der Waals surface area contributed by atoms with Crippen LogP contribution < -0.4 is 5.32 Å². The molecule has 0 aliphatic heterocycles. The van der Waals surface area contributed by atoms with Gasteiger partial charge in [-0.3, -0.25) is 0 Å². The molecule has 170 valence electrons. The average molecular weight is 462 g/mol. The van der Waals surface area contributed by atoms with Crippen LogP contribution in [0.3, 0.4) is 0 Å². The van der Waals surface area contributed by atoms with Gasteiger partial charge in [-0.15, -0.1) is 0 Å². The summed E-state index contributed by atoms with van der Waals surface area (Å²) in [5.74, 6) is 0. The average Bonchev–Trinajstić information content (AvgIpc) is 3.31. The highest BCUT2D eigenvalue weighted by Crippen LogP contribution is 2.37. The van der Waals surface area contributed by atoms with Crippen LogP contribution in [0, 0.1) is 0 Å². The Kier molecular flexibility index (Phi) is 4.82. The zero-order valence-corrected chi connectivity index (χ0v) is 19.6. The Hall–Kier alpha value is -4.82. The molecule has 2 heteroatoms. The summed E-state index contributed by atoms with van der Waals surface area (Å²) in [6, 6.07) is 46.8. The molecular weight excluding hydrogens is 438 g/mol. The van der Waals surface area contributed by atoms with Gasteiger partial charge in [0, 0.05) is 28.2 Å². The van der Waals surface area contributed by atoms with Gasteiger partial charge in [0.1, 0.15) is 11.2 Å². The van der Waals surface area contributed by atoms with E-state index in [4.69, 9.17) is 4.42 Å². The van der Waals surface area contributed by atoms with Crippen molar-refractivity contribution in [2.45, 2.75) is 0 Å². The van der Waals surface area contributed by atoms with E-state index in [1.807, 2.05) is 18.2 Å². The monoisotopic (exact) mass is 461 g/mol. The second-order valence-corrected chi connectivity index (χ2v) is 9.09. The minimum absolute atomic E-state index is 0.891. The van der Waals surface area contributed by atoms with E-state index in [-0.39, 0.29) is 0 Å². The SMILES string of the molecule is c1ccc(-c2cccc3cccc(-c4ccc(Nc5ccc6c(c5)oc5ccccc56)cc4)c23)cc1. The van der Waals surface area contributed by atoms with Gasteiger partial charge in [0.2, 0.25) is 0 Å². The summed E-state index contributed by atoms with van der Waals surface area (Å²) in [4.78, 5) is 0. The third kappa shape index (κ3) is 3.52. The molecule has 0 radical (unpaired) electrons. The highest BCUT2D eigenvalue weighted by molar-refractivity contribution is 6.07. The summed E-state index contributed by atoms with van der Waals surface area (Å²) in [7, 11) is 0. The molecule has 0 aliphatic carbocycles. The summed E-state index contributed by atoms with van der Waals surface area (Å²) in [5, 5.41) is 8.34. The molecule has 0 atom stereocenters. The van der Waals surface area contributed by atoms with Crippen LogP contribution in [0.25, 0.3) is 55.0 Å². The van der Waals surface area contributed by atoms with Crippen LogP contribution in [0.2, 0.25) is 0 Å². The van der Waals surface area contributed by atoms with Crippen LogP contribution in [-0.4, -0.2) is 0 Å². The number of hydrogen-bond donors (Lipinski definition) is 1. The molecule has 36 heavy (non-hydrogen) atoms. The summed E-state index contributed by atoms with van der Waals surface area (Å²) < 4.78 is 6.06. The zero-order chi connectivity index (χ0) is 23.9. The van der Waals surface area contributed by atoms with Crippen molar-refractivity contribution in [2.75, 3.05) is 5.32 Å². The maximum absolute atomic E-state index is 6.06. The van der Waals surface area contributed by atoms with Crippen LogP contribution in [0.15, 0.2) is 138 Å². The Morgan fingerprint density at radius 3 is 1.86 bits per heavy atom. The molecular formula is C34H23NO. The number of para-hydroxylation sites is 1. The molecule has 0 amide bonds. The smallest absolute Gasteiger partial charge is 0.137 e. The number of nitrogens with one attached hydrogen (secondary N) is 1. The Balaban J connectivity index is 1.24. The number of benzene rings is 6. The molecule has 0 aliphatic rings. The Labute approximate surface area is 209 Å². The van der Waals surface area contributed by atoms with Gasteiger partial charge in [-0.25, -0.2) is 0 Å². The number of anilines is 2. The number of fused-ring (bicyclic) bond motifs is 4. The molecule has 2 nitrogen and oxygen atoms in total. The van der Waals surface area contributed by atoms with Gasteiger partial charge < -0.3 is 9.73 Å². The van der Waals surface area contributed by atoms with Crippen LogP contribution in [0.1, 0.15) is 0 Å². The molecule has 0 saturated heterocycles. The van der Waals surface area contributed by atoms with E-state index >= 15 is 0 Å². The van der Waals surface area contributed by atoms with Gasteiger partial charge in [0.05, 0.1) is 0 Å². The van der Waals surface area contributed by atoms with Crippen molar-refractivity contribution >= 4 is 44.1 Å². The molecule has 6 aromatic carbocycles. The fourth-order valence-corrected chi connectivity index (χ4v) is 5.14. The quantitative estimate of drug-likeness (QED) is 0.282. The van der Waals surface area contributed by atoms with E-state index in [0.29, 0.717) is 0 Å². The van der Waals surface area contributed by atoms with Crippen molar-refractivity contribution in [3.63, 3.8) is 0 Å². The fourth-order valence-electron chi connectivity index (χ4n) is 5.14.